The van der Waals surface area contributed by atoms with E-state index in [0.29, 0.717) is 12.5 Å². The Morgan fingerprint density at radius 3 is 2.64 bits per heavy atom. The summed E-state index contributed by atoms with van der Waals surface area (Å²) in [4.78, 5) is 6.77. The lowest BCUT2D eigenvalue weighted by molar-refractivity contribution is 0.357. The number of rotatable bonds is 8. The maximum atomic E-state index is 5.29. The summed E-state index contributed by atoms with van der Waals surface area (Å²) in [5, 5.41) is 10.6. The first-order valence-corrected chi connectivity index (χ1v) is 7.73. The van der Waals surface area contributed by atoms with Crippen LogP contribution in [0.1, 0.15) is 45.1 Å². The van der Waals surface area contributed by atoms with Crippen molar-refractivity contribution in [3.05, 3.63) is 17.5 Å². The molecule has 128 valence electrons. The van der Waals surface area contributed by atoms with Gasteiger partial charge in [-0.1, -0.05) is 25.9 Å². The van der Waals surface area contributed by atoms with Gasteiger partial charge in [0.2, 0.25) is 0 Å². The summed E-state index contributed by atoms with van der Waals surface area (Å²) in [7, 11) is 2.10. The molecule has 7 heteroatoms. The van der Waals surface area contributed by atoms with Crippen molar-refractivity contribution < 1.29 is 4.52 Å². The third-order valence-corrected chi connectivity index (χ3v) is 3.23. The molecule has 0 amide bonds. The van der Waals surface area contributed by atoms with E-state index in [2.05, 4.69) is 60.4 Å². The first-order chi connectivity index (χ1) is 10.1. The number of aromatic nitrogens is 1. The molecule has 0 saturated heterocycles. The van der Waals surface area contributed by atoms with Crippen LogP contribution in [-0.2, 0) is 6.54 Å². The number of hydrogen-bond acceptors (Lipinski definition) is 4. The summed E-state index contributed by atoms with van der Waals surface area (Å²) in [6, 6.07) is 1.97. The Morgan fingerprint density at radius 1 is 1.36 bits per heavy atom. The Bertz CT molecular complexity index is 433. The number of nitrogens with one attached hydrogen (secondary N) is 2. The van der Waals surface area contributed by atoms with E-state index in [-0.39, 0.29) is 24.0 Å². The van der Waals surface area contributed by atoms with Crippen LogP contribution >= 0.6 is 24.0 Å². The largest absolute Gasteiger partial charge is 0.359 e. The molecule has 0 saturated carbocycles. The molecule has 0 unspecified atom stereocenters. The molecule has 0 aromatic carbocycles. The zero-order chi connectivity index (χ0) is 15.7. The zero-order valence-electron chi connectivity index (χ0n) is 14.3. The van der Waals surface area contributed by atoms with Crippen LogP contribution in [0.3, 0.4) is 0 Å². The van der Waals surface area contributed by atoms with Gasteiger partial charge in [0.05, 0.1) is 5.69 Å². The van der Waals surface area contributed by atoms with E-state index in [9.17, 15) is 0 Å². The molecule has 0 fully saturated rings. The minimum Gasteiger partial charge on any atom is -0.359 e. The van der Waals surface area contributed by atoms with E-state index in [4.69, 9.17) is 4.52 Å². The fourth-order valence-electron chi connectivity index (χ4n) is 1.70. The van der Waals surface area contributed by atoms with Crippen molar-refractivity contribution in [1.82, 2.24) is 20.7 Å². The van der Waals surface area contributed by atoms with Gasteiger partial charge in [-0.05, 0) is 26.4 Å². The van der Waals surface area contributed by atoms with Gasteiger partial charge in [0.15, 0.2) is 11.7 Å². The maximum Gasteiger partial charge on any atom is 0.191 e. The summed E-state index contributed by atoms with van der Waals surface area (Å²) in [5.74, 6) is 1.98. The van der Waals surface area contributed by atoms with Gasteiger partial charge in [-0.25, -0.2) is 4.99 Å². The van der Waals surface area contributed by atoms with E-state index in [1.54, 1.807) is 0 Å². The van der Waals surface area contributed by atoms with E-state index in [1.165, 1.54) is 0 Å². The predicted octanol–water partition coefficient (Wildman–Crippen LogP) is 2.42. The highest BCUT2D eigenvalue weighted by molar-refractivity contribution is 14.0. The van der Waals surface area contributed by atoms with E-state index >= 15 is 0 Å². The summed E-state index contributed by atoms with van der Waals surface area (Å²) in [6.07, 6.45) is 0. The fourth-order valence-corrected chi connectivity index (χ4v) is 1.70. The molecule has 22 heavy (non-hydrogen) atoms. The van der Waals surface area contributed by atoms with Crippen LogP contribution in [0, 0.1) is 0 Å². The molecule has 0 radical (unpaired) electrons. The smallest absolute Gasteiger partial charge is 0.191 e. The van der Waals surface area contributed by atoms with Crippen molar-refractivity contribution in [3.8, 4) is 0 Å². The molecule has 1 aromatic heterocycles. The molecule has 0 aliphatic carbocycles. The van der Waals surface area contributed by atoms with Crippen LogP contribution in [0.25, 0.3) is 0 Å². The summed E-state index contributed by atoms with van der Waals surface area (Å²) in [6.45, 7) is 12.6. The Morgan fingerprint density at radius 2 is 2.09 bits per heavy atom. The molecule has 1 rings (SSSR count). The van der Waals surface area contributed by atoms with E-state index < -0.39 is 0 Å². The van der Waals surface area contributed by atoms with Crippen molar-refractivity contribution in [2.45, 2.75) is 40.2 Å². The van der Waals surface area contributed by atoms with Gasteiger partial charge in [0.1, 0.15) is 6.54 Å². The highest BCUT2D eigenvalue weighted by Crippen LogP contribution is 2.14. The van der Waals surface area contributed by atoms with Crippen molar-refractivity contribution in [1.29, 1.82) is 0 Å². The van der Waals surface area contributed by atoms with Crippen LogP contribution in [-0.4, -0.2) is 49.2 Å². The van der Waals surface area contributed by atoms with Gasteiger partial charge in [-0.15, -0.1) is 24.0 Å². The number of hydrogen-bond donors (Lipinski definition) is 2. The van der Waals surface area contributed by atoms with Crippen LogP contribution < -0.4 is 10.6 Å². The highest BCUT2D eigenvalue weighted by atomic mass is 127. The molecular weight excluding hydrogens is 393 g/mol. The molecule has 2 N–H and O–H groups in total. The Kier molecular flexibility index (Phi) is 11.3. The normalized spacial score (nSPS) is 11.7. The lowest BCUT2D eigenvalue weighted by Crippen LogP contribution is -2.40. The number of aliphatic imine (C=N–C) groups is 1. The Balaban J connectivity index is 0.00000441. The molecule has 0 atom stereocenters. The van der Waals surface area contributed by atoms with Gasteiger partial charge in [-0.2, -0.15) is 0 Å². The van der Waals surface area contributed by atoms with Gasteiger partial charge in [-0.3, -0.25) is 0 Å². The van der Waals surface area contributed by atoms with Crippen LogP contribution in [0.2, 0.25) is 0 Å². The summed E-state index contributed by atoms with van der Waals surface area (Å²) < 4.78 is 5.29. The fraction of sp³-hybridized carbons (Fsp3) is 0.733. The highest BCUT2D eigenvalue weighted by Gasteiger charge is 2.07. The number of guanidine groups is 1. The molecule has 0 spiro atoms. The number of likely N-dealkylation sites (N-methyl/N-ethyl adjacent to an activating group) is 1. The third kappa shape index (κ3) is 7.98. The van der Waals surface area contributed by atoms with E-state index in [1.807, 2.05) is 6.07 Å². The molecule has 0 bridgehead atoms. The molecule has 6 nitrogen and oxygen atoms in total. The molecule has 0 aliphatic rings. The molecule has 1 heterocycles. The maximum absolute atomic E-state index is 5.29. The average Bonchev–Trinajstić information content (AvgIpc) is 2.93. The first kappa shape index (κ1) is 21.2. The van der Waals surface area contributed by atoms with Crippen molar-refractivity contribution in [3.63, 3.8) is 0 Å². The molecule has 0 aliphatic heterocycles. The second-order valence-electron chi connectivity index (χ2n) is 5.39. The SMILES string of the molecule is CCNC(=NCc1cc(C(C)C)no1)NCCN(C)CC.I. The lowest BCUT2D eigenvalue weighted by Gasteiger charge is -2.16. The monoisotopic (exact) mass is 423 g/mol. The minimum absolute atomic E-state index is 0. The van der Waals surface area contributed by atoms with Crippen LogP contribution in [0.4, 0.5) is 0 Å². The van der Waals surface area contributed by atoms with Crippen molar-refractivity contribution in [2.24, 2.45) is 4.99 Å². The lowest BCUT2D eigenvalue weighted by atomic mass is 10.1. The third-order valence-electron chi connectivity index (χ3n) is 3.23. The topological polar surface area (TPSA) is 65.7 Å². The standard InChI is InChI=1S/C15H29N5O.HI/c1-6-16-15(17-8-9-20(5)7-2)18-11-13-10-14(12(3)4)19-21-13;/h10,12H,6-9,11H2,1-5H3,(H2,16,17,18);1H. The van der Waals surface area contributed by atoms with Crippen molar-refractivity contribution >= 4 is 29.9 Å². The number of nitrogens with zero attached hydrogens (tertiary/aromatic N) is 3. The Labute approximate surface area is 151 Å². The zero-order valence-corrected chi connectivity index (χ0v) is 16.7. The van der Waals surface area contributed by atoms with E-state index in [0.717, 1.165) is 43.6 Å². The summed E-state index contributed by atoms with van der Waals surface area (Å²) in [5.41, 5.74) is 0.975. The molecular formula is C15H30IN5O. The molecule has 1 aromatic rings. The quantitative estimate of drug-likeness (QED) is 0.382. The second kappa shape index (κ2) is 11.7. The summed E-state index contributed by atoms with van der Waals surface area (Å²) >= 11 is 0. The average molecular weight is 423 g/mol. The van der Waals surface area contributed by atoms with Crippen molar-refractivity contribution in [2.75, 3.05) is 33.2 Å². The predicted molar refractivity (Wildman–Crippen MR) is 102 cm³/mol. The van der Waals surface area contributed by atoms with Gasteiger partial charge >= 0.3 is 0 Å². The second-order valence-corrected chi connectivity index (χ2v) is 5.39. The number of halogens is 1. The van der Waals surface area contributed by atoms with Gasteiger partial charge < -0.3 is 20.1 Å². The minimum atomic E-state index is 0. The van der Waals surface area contributed by atoms with Gasteiger partial charge in [0, 0.05) is 25.7 Å². The van der Waals surface area contributed by atoms with Gasteiger partial charge in [0.25, 0.3) is 0 Å². The van der Waals surface area contributed by atoms with Crippen LogP contribution in [0.5, 0.6) is 0 Å². The Hall–Kier alpha value is -0.830. The first-order valence-electron chi connectivity index (χ1n) is 7.73. The van der Waals surface area contributed by atoms with Crippen LogP contribution in [0.15, 0.2) is 15.6 Å².